The van der Waals surface area contributed by atoms with Crippen LogP contribution in [0.4, 0.5) is 16.5 Å². The topological polar surface area (TPSA) is 84.7 Å². The lowest BCUT2D eigenvalue weighted by molar-refractivity contribution is -0.115. The molecular weight excluding hydrogens is 392 g/mol. The number of nitrogens with zero attached hydrogens (tertiary/aromatic N) is 4. The summed E-state index contributed by atoms with van der Waals surface area (Å²) >= 11 is 2.83. The fourth-order valence-electron chi connectivity index (χ4n) is 2.76. The van der Waals surface area contributed by atoms with Crippen LogP contribution in [0.3, 0.4) is 0 Å². The van der Waals surface area contributed by atoms with Crippen LogP contribution in [0.1, 0.15) is 29.4 Å². The fraction of sp³-hybridized carbons (Fsp3) is 0.368. The molecule has 0 spiro atoms. The van der Waals surface area contributed by atoms with Crippen LogP contribution in [0.15, 0.2) is 22.5 Å². The number of carbonyl (C=O) groups excluding carboxylic acids is 1. The molecule has 0 saturated carbocycles. The number of nitrogens with one attached hydrogen (secondary N) is 2. The lowest BCUT2D eigenvalue weighted by Crippen LogP contribution is -2.23. The van der Waals surface area contributed by atoms with E-state index < -0.39 is 0 Å². The number of hydrogen-bond donors (Lipinski definition) is 2. The van der Waals surface area contributed by atoms with E-state index in [4.69, 9.17) is 0 Å². The molecule has 3 aromatic rings. The predicted molar refractivity (Wildman–Crippen MR) is 116 cm³/mol. The zero-order valence-corrected chi connectivity index (χ0v) is 18.5. The Kier molecular flexibility index (Phi) is 6.04. The maximum atomic E-state index is 12.6. The summed E-state index contributed by atoms with van der Waals surface area (Å²) in [5.74, 6) is -0.0803. The van der Waals surface area contributed by atoms with Crippen molar-refractivity contribution >= 4 is 45.5 Å². The van der Waals surface area contributed by atoms with E-state index in [-0.39, 0.29) is 11.2 Å². The van der Waals surface area contributed by atoms with Crippen molar-refractivity contribution in [2.75, 3.05) is 10.6 Å². The summed E-state index contributed by atoms with van der Waals surface area (Å²) in [6.45, 7) is 9.80. The Hall–Kier alpha value is -2.39. The van der Waals surface area contributed by atoms with Gasteiger partial charge in [0.25, 0.3) is 0 Å². The third kappa shape index (κ3) is 4.53. The number of thioether (sulfide) groups is 1. The first kappa shape index (κ1) is 20.3. The maximum Gasteiger partial charge on any atom is 0.237 e. The van der Waals surface area contributed by atoms with Crippen molar-refractivity contribution in [3.63, 3.8) is 0 Å². The number of amides is 1. The number of hydrogen-bond acceptors (Lipinski definition) is 7. The van der Waals surface area contributed by atoms with Crippen LogP contribution in [-0.4, -0.2) is 31.1 Å². The van der Waals surface area contributed by atoms with Crippen molar-refractivity contribution in [2.24, 2.45) is 7.05 Å². The molecule has 0 aliphatic heterocycles. The van der Waals surface area contributed by atoms with E-state index in [0.717, 1.165) is 32.7 Å². The zero-order chi connectivity index (χ0) is 20.4. The first-order valence-corrected chi connectivity index (χ1v) is 10.6. The van der Waals surface area contributed by atoms with Crippen LogP contribution < -0.4 is 10.6 Å². The molecule has 1 aromatic carbocycles. The Morgan fingerprint density at radius 3 is 2.61 bits per heavy atom. The molecule has 9 heteroatoms. The minimum absolute atomic E-state index is 0.0803. The van der Waals surface area contributed by atoms with Gasteiger partial charge in [0.05, 0.1) is 22.3 Å². The lowest BCUT2D eigenvalue weighted by atomic mass is 10.1. The molecule has 2 aromatic heterocycles. The molecule has 0 aliphatic rings. The highest BCUT2D eigenvalue weighted by molar-refractivity contribution is 8.02. The van der Waals surface area contributed by atoms with E-state index in [1.807, 2.05) is 33.9 Å². The van der Waals surface area contributed by atoms with Gasteiger partial charge < -0.3 is 10.6 Å². The summed E-state index contributed by atoms with van der Waals surface area (Å²) in [6, 6.07) is 6.21. The highest BCUT2D eigenvalue weighted by Crippen LogP contribution is 2.32. The highest BCUT2D eigenvalue weighted by Gasteiger charge is 2.20. The van der Waals surface area contributed by atoms with Crippen molar-refractivity contribution in [1.29, 1.82) is 0 Å². The third-order valence-electron chi connectivity index (χ3n) is 4.43. The van der Waals surface area contributed by atoms with Gasteiger partial charge in [0, 0.05) is 12.7 Å². The molecule has 0 bridgehead atoms. The second-order valence-electron chi connectivity index (χ2n) is 6.74. The Bertz CT molecular complexity index is 1010. The van der Waals surface area contributed by atoms with Crippen molar-refractivity contribution in [1.82, 2.24) is 20.0 Å². The summed E-state index contributed by atoms with van der Waals surface area (Å²) in [5, 5.41) is 19.4. The van der Waals surface area contributed by atoms with E-state index in [0.29, 0.717) is 5.13 Å². The molecule has 0 radical (unpaired) electrons. The number of anilines is 3. The van der Waals surface area contributed by atoms with Gasteiger partial charge in [0.15, 0.2) is 4.34 Å². The number of benzene rings is 1. The van der Waals surface area contributed by atoms with Gasteiger partial charge in [-0.2, -0.15) is 5.10 Å². The van der Waals surface area contributed by atoms with E-state index in [2.05, 4.69) is 51.9 Å². The average Bonchev–Trinajstić information content (AvgIpc) is 3.16. The van der Waals surface area contributed by atoms with Crippen LogP contribution in [0.5, 0.6) is 0 Å². The molecule has 0 fully saturated rings. The minimum Gasteiger partial charge on any atom is -0.330 e. The highest BCUT2D eigenvalue weighted by atomic mass is 32.2. The van der Waals surface area contributed by atoms with Crippen LogP contribution in [-0.2, 0) is 11.8 Å². The molecule has 0 saturated heterocycles. The Labute approximate surface area is 173 Å². The van der Waals surface area contributed by atoms with Crippen LogP contribution in [0.25, 0.3) is 0 Å². The number of aryl methyl sites for hydroxylation is 4. The van der Waals surface area contributed by atoms with Gasteiger partial charge in [-0.3, -0.25) is 9.48 Å². The molecule has 2 heterocycles. The summed E-state index contributed by atoms with van der Waals surface area (Å²) < 4.78 is 2.51. The average molecular weight is 417 g/mol. The first-order chi connectivity index (χ1) is 13.2. The summed E-state index contributed by atoms with van der Waals surface area (Å²) in [4.78, 5) is 12.6. The van der Waals surface area contributed by atoms with Gasteiger partial charge in [-0.25, -0.2) is 0 Å². The smallest absolute Gasteiger partial charge is 0.237 e. The normalized spacial score (nSPS) is 12.1. The SMILES string of the molecule is Cc1ccc(Nc2nnc(S[C@@H](C)C(=O)Nc3c(C)nn(C)c3C)s2)c(C)c1. The lowest BCUT2D eigenvalue weighted by Gasteiger charge is -2.10. The predicted octanol–water partition coefficient (Wildman–Crippen LogP) is 4.37. The number of carbonyl (C=O) groups is 1. The van der Waals surface area contributed by atoms with Gasteiger partial charge in [-0.15, -0.1) is 10.2 Å². The van der Waals surface area contributed by atoms with Gasteiger partial charge in [0.2, 0.25) is 11.0 Å². The number of rotatable bonds is 6. The van der Waals surface area contributed by atoms with Gasteiger partial charge in [-0.1, -0.05) is 40.8 Å². The molecule has 7 nitrogen and oxygen atoms in total. The maximum absolute atomic E-state index is 12.6. The van der Waals surface area contributed by atoms with E-state index >= 15 is 0 Å². The molecule has 0 unspecified atom stereocenters. The molecule has 1 amide bonds. The molecule has 2 N–H and O–H groups in total. The Morgan fingerprint density at radius 2 is 1.96 bits per heavy atom. The van der Waals surface area contributed by atoms with Crippen molar-refractivity contribution < 1.29 is 4.79 Å². The summed E-state index contributed by atoms with van der Waals surface area (Å²) in [5.41, 5.74) is 5.89. The molecule has 1 atom stereocenters. The summed E-state index contributed by atoms with van der Waals surface area (Å²) in [7, 11) is 1.86. The molecule has 28 heavy (non-hydrogen) atoms. The minimum atomic E-state index is -0.305. The fourth-order valence-corrected chi connectivity index (χ4v) is 4.67. The zero-order valence-electron chi connectivity index (χ0n) is 16.8. The molecule has 148 valence electrons. The molecule has 3 rings (SSSR count). The third-order valence-corrected chi connectivity index (χ3v) is 6.46. The summed E-state index contributed by atoms with van der Waals surface area (Å²) in [6.07, 6.45) is 0. The standard InChI is InChI=1S/C19H24N6OS2/c1-10-7-8-15(11(2)9-10)20-18-22-23-19(28-18)27-14(5)17(26)21-16-12(3)24-25(6)13(16)4/h7-9,14H,1-6H3,(H,20,22)(H,21,26)/t14-/m0/s1. The Balaban J connectivity index is 1.63. The monoisotopic (exact) mass is 416 g/mol. The van der Waals surface area contributed by atoms with E-state index in [1.165, 1.54) is 28.7 Å². The van der Waals surface area contributed by atoms with E-state index in [9.17, 15) is 4.79 Å². The largest absolute Gasteiger partial charge is 0.330 e. The van der Waals surface area contributed by atoms with Crippen molar-refractivity contribution in [3.05, 3.63) is 40.7 Å². The van der Waals surface area contributed by atoms with Crippen molar-refractivity contribution in [3.8, 4) is 0 Å². The van der Waals surface area contributed by atoms with Gasteiger partial charge >= 0.3 is 0 Å². The van der Waals surface area contributed by atoms with Crippen molar-refractivity contribution in [2.45, 2.75) is 44.2 Å². The van der Waals surface area contributed by atoms with Crippen LogP contribution in [0.2, 0.25) is 0 Å². The second kappa shape index (κ2) is 8.32. The molecule has 0 aliphatic carbocycles. The van der Waals surface area contributed by atoms with Crippen LogP contribution in [0, 0.1) is 27.7 Å². The first-order valence-electron chi connectivity index (χ1n) is 8.90. The Morgan fingerprint density at radius 1 is 1.21 bits per heavy atom. The van der Waals surface area contributed by atoms with Gasteiger partial charge in [-0.05, 0) is 46.2 Å². The van der Waals surface area contributed by atoms with E-state index in [1.54, 1.807) is 4.68 Å². The number of aromatic nitrogens is 4. The second-order valence-corrected chi connectivity index (χ2v) is 9.30. The quantitative estimate of drug-likeness (QED) is 0.581. The molecular formula is C19H24N6OS2. The van der Waals surface area contributed by atoms with Crippen LogP contribution >= 0.6 is 23.1 Å². The van der Waals surface area contributed by atoms with Gasteiger partial charge in [0.1, 0.15) is 0 Å².